The minimum atomic E-state index is -0.441. The normalized spacial score (nSPS) is 10.3. The van der Waals surface area contributed by atoms with E-state index in [0.717, 1.165) is 0 Å². The second kappa shape index (κ2) is 5.67. The number of carbonyl (C=O) groups excluding carboxylic acids is 1. The van der Waals surface area contributed by atoms with Gasteiger partial charge in [-0.25, -0.2) is 4.39 Å². The molecule has 1 N–H and O–H groups in total. The van der Waals surface area contributed by atoms with Crippen molar-refractivity contribution < 1.29 is 9.18 Å². The number of rotatable bonds is 2. The summed E-state index contributed by atoms with van der Waals surface area (Å²) in [6.07, 6.45) is 1.39. The van der Waals surface area contributed by atoms with Gasteiger partial charge >= 0.3 is 0 Å². The second-order valence-electron chi connectivity index (χ2n) is 3.88. The highest BCUT2D eigenvalue weighted by atomic mass is 79.9. The summed E-state index contributed by atoms with van der Waals surface area (Å²) >= 11 is 9.21. The predicted molar refractivity (Wildman–Crippen MR) is 76.0 cm³/mol. The van der Waals surface area contributed by atoms with Crippen molar-refractivity contribution in [1.29, 1.82) is 0 Å². The molecule has 0 saturated carbocycles. The smallest absolute Gasteiger partial charge is 0.258 e. The number of nitrogens with zero attached hydrogens (tertiary/aromatic N) is 1. The van der Waals surface area contributed by atoms with Crippen molar-refractivity contribution in [3.8, 4) is 0 Å². The molecule has 6 heteroatoms. The Morgan fingerprint density at radius 3 is 2.84 bits per heavy atom. The third kappa shape index (κ3) is 3.30. The SMILES string of the molecule is Cc1cc(Cl)c(C(=O)Nc2cc(F)ccc2Br)cn1. The van der Waals surface area contributed by atoms with Crippen molar-refractivity contribution in [1.82, 2.24) is 4.98 Å². The van der Waals surface area contributed by atoms with Crippen molar-refractivity contribution in [3.63, 3.8) is 0 Å². The Morgan fingerprint density at radius 1 is 1.42 bits per heavy atom. The highest BCUT2D eigenvalue weighted by Crippen LogP contribution is 2.24. The lowest BCUT2D eigenvalue weighted by atomic mass is 10.2. The lowest BCUT2D eigenvalue weighted by Crippen LogP contribution is -2.13. The van der Waals surface area contributed by atoms with E-state index in [9.17, 15) is 9.18 Å². The third-order valence-electron chi connectivity index (χ3n) is 2.41. The van der Waals surface area contributed by atoms with Gasteiger partial charge in [-0.05, 0) is 47.1 Å². The number of amides is 1. The Labute approximate surface area is 122 Å². The molecule has 19 heavy (non-hydrogen) atoms. The van der Waals surface area contributed by atoms with Crippen LogP contribution in [0.1, 0.15) is 16.1 Å². The van der Waals surface area contributed by atoms with Crippen LogP contribution in [0.2, 0.25) is 5.02 Å². The maximum Gasteiger partial charge on any atom is 0.258 e. The number of hydrogen-bond donors (Lipinski definition) is 1. The topological polar surface area (TPSA) is 42.0 Å². The summed E-state index contributed by atoms with van der Waals surface area (Å²) in [6.45, 7) is 1.77. The molecule has 1 aromatic carbocycles. The van der Waals surface area contributed by atoms with E-state index in [-0.39, 0.29) is 5.56 Å². The van der Waals surface area contributed by atoms with Gasteiger partial charge in [0.2, 0.25) is 0 Å². The summed E-state index contributed by atoms with van der Waals surface area (Å²) in [4.78, 5) is 16.0. The Balaban J connectivity index is 2.28. The number of halogens is 3. The minimum Gasteiger partial charge on any atom is -0.321 e. The minimum absolute atomic E-state index is 0.239. The molecule has 0 fully saturated rings. The molecule has 0 radical (unpaired) electrons. The molecule has 98 valence electrons. The van der Waals surface area contributed by atoms with Gasteiger partial charge in [0, 0.05) is 16.4 Å². The third-order valence-corrected chi connectivity index (χ3v) is 3.42. The van der Waals surface area contributed by atoms with E-state index in [1.165, 1.54) is 24.4 Å². The van der Waals surface area contributed by atoms with Crippen LogP contribution in [-0.4, -0.2) is 10.9 Å². The molecule has 0 unspecified atom stereocenters. The second-order valence-corrected chi connectivity index (χ2v) is 5.15. The Hall–Kier alpha value is -1.46. The van der Waals surface area contributed by atoms with Crippen LogP contribution in [0, 0.1) is 12.7 Å². The van der Waals surface area contributed by atoms with Crippen molar-refractivity contribution in [2.24, 2.45) is 0 Å². The zero-order valence-electron chi connectivity index (χ0n) is 9.88. The molecule has 0 spiro atoms. The van der Waals surface area contributed by atoms with Crippen LogP contribution in [0.15, 0.2) is 34.9 Å². The van der Waals surface area contributed by atoms with Crippen LogP contribution in [0.4, 0.5) is 10.1 Å². The molecule has 2 aromatic rings. The van der Waals surface area contributed by atoms with Gasteiger partial charge in [0.15, 0.2) is 0 Å². The standard InChI is InChI=1S/C13H9BrClFN2O/c1-7-4-11(15)9(6-17-7)13(19)18-12-5-8(16)2-3-10(12)14/h2-6H,1H3,(H,18,19). The summed E-state index contributed by atoms with van der Waals surface area (Å²) in [5, 5.41) is 2.88. The summed E-state index contributed by atoms with van der Waals surface area (Å²) in [5.41, 5.74) is 1.29. The molecule has 0 atom stereocenters. The van der Waals surface area contributed by atoms with E-state index in [1.54, 1.807) is 13.0 Å². The zero-order chi connectivity index (χ0) is 14.0. The van der Waals surface area contributed by atoms with Crippen LogP contribution in [0.25, 0.3) is 0 Å². The van der Waals surface area contributed by atoms with E-state index >= 15 is 0 Å². The predicted octanol–water partition coefficient (Wildman–Crippen LogP) is 4.20. The monoisotopic (exact) mass is 342 g/mol. The average molecular weight is 344 g/mol. The van der Waals surface area contributed by atoms with E-state index in [4.69, 9.17) is 11.6 Å². The number of hydrogen-bond acceptors (Lipinski definition) is 2. The fourth-order valence-electron chi connectivity index (χ4n) is 1.48. The maximum atomic E-state index is 13.1. The first kappa shape index (κ1) is 14.0. The molecule has 1 aromatic heterocycles. The molecule has 0 aliphatic carbocycles. The largest absolute Gasteiger partial charge is 0.321 e. The van der Waals surface area contributed by atoms with Gasteiger partial charge in [0.1, 0.15) is 5.82 Å². The van der Waals surface area contributed by atoms with Gasteiger partial charge in [-0.2, -0.15) is 0 Å². The molecule has 0 bridgehead atoms. The van der Waals surface area contributed by atoms with Crippen LogP contribution >= 0.6 is 27.5 Å². The number of nitrogens with one attached hydrogen (secondary N) is 1. The van der Waals surface area contributed by atoms with Gasteiger partial charge in [-0.3, -0.25) is 9.78 Å². The quantitative estimate of drug-likeness (QED) is 0.888. The summed E-state index contributed by atoms with van der Waals surface area (Å²) in [6, 6.07) is 5.62. The van der Waals surface area contributed by atoms with Crippen LogP contribution in [0.5, 0.6) is 0 Å². The van der Waals surface area contributed by atoms with Crippen molar-refractivity contribution in [2.75, 3.05) is 5.32 Å². The van der Waals surface area contributed by atoms with E-state index in [0.29, 0.717) is 20.9 Å². The van der Waals surface area contributed by atoms with Gasteiger partial charge in [-0.15, -0.1) is 0 Å². The molecule has 1 amide bonds. The van der Waals surface area contributed by atoms with Gasteiger partial charge < -0.3 is 5.32 Å². The van der Waals surface area contributed by atoms with E-state index in [2.05, 4.69) is 26.2 Å². The van der Waals surface area contributed by atoms with E-state index < -0.39 is 11.7 Å². The number of carbonyl (C=O) groups is 1. The first-order chi connectivity index (χ1) is 8.97. The Morgan fingerprint density at radius 2 is 2.16 bits per heavy atom. The lowest BCUT2D eigenvalue weighted by molar-refractivity contribution is 0.102. The van der Waals surface area contributed by atoms with Crippen molar-refractivity contribution in [3.05, 3.63) is 57.0 Å². The molecular formula is C13H9BrClFN2O. The fourth-order valence-corrected chi connectivity index (χ4v) is 2.11. The van der Waals surface area contributed by atoms with Crippen molar-refractivity contribution >= 4 is 39.1 Å². The Kier molecular flexibility index (Phi) is 4.17. The van der Waals surface area contributed by atoms with Crippen molar-refractivity contribution in [2.45, 2.75) is 6.92 Å². The highest BCUT2D eigenvalue weighted by molar-refractivity contribution is 9.10. The summed E-state index contributed by atoms with van der Waals surface area (Å²) in [5.74, 6) is -0.879. The van der Waals surface area contributed by atoms with Crippen LogP contribution in [0.3, 0.4) is 0 Å². The molecule has 1 heterocycles. The number of aromatic nitrogens is 1. The van der Waals surface area contributed by atoms with Crippen LogP contribution in [-0.2, 0) is 0 Å². The van der Waals surface area contributed by atoms with Gasteiger partial charge in [0.25, 0.3) is 5.91 Å². The number of anilines is 1. The summed E-state index contributed by atoms with van der Waals surface area (Å²) in [7, 11) is 0. The first-order valence-corrected chi connectivity index (χ1v) is 6.53. The number of pyridine rings is 1. The van der Waals surface area contributed by atoms with Gasteiger partial charge in [0.05, 0.1) is 16.3 Å². The first-order valence-electron chi connectivity index (χ1n) is 5.36. The summed E-state index contributed by atoms with van der Waals surface area (Å²) < 4.78 is 13.7. The molecule has 2 rings (SSSR count). The molecule has 0 aliphatic heterocycles. The molecule has 0 saturated heterocycles. The molecule has 0 aliphatic rings. The highest BCUT2D eigenvalue weighted by Gasteiger charge is 2.13. The molecular weight excluding hydrogens is 335 g/mol. The number of benzene rings is 1. The van der Waals surface area contributed by atoms with Gasteiger partial charge in [-0.1, -0.05) is 11.6 Å². The Bertz CT molecular complexity index is 649. The maximum absolute atomic E-state index is 13.1. The number of aryl methyl sites for hydroxylation is 1. The van der Waals surface area contributed by atoms with E-state index in [1.807, 2.05) is 0 Å². The zero-order valence-corrected chi connectivity index (χ0v) is 12.2. The lowest BCUT2D eigenvalue weighted by Gasteiger charge is -2.08. The fraction of sp³-hybridized carbons (Fsp3) is 0.0769. The molecule has 3 nitrogen and oxygen atoms in total. The average Bonchev–Trinajstić information content (AvgIpc) is 2.33. The van der Waals surface area contributed by atoms with Crippen LogP contribution < -0.4 is 5.32 Å².